The molecule has 14 nitrogen and oxygen atoms in total. The number of amides is 1. The van der Waals surface area contributed by atoms with Crippen LogP contribution in [0.25, 0.3) is 0 Å². The summed E-state index contributed by atoms with van der Waals surface area (Å²) in [4.78, 5) is 37.0. The summed E-state index contributed by atoms with van der Waals surface area (Å²) in [5, 5.41) is 35.6. The first-order valence-electron chi connectivity index (χ1n) is 21.4. The lowest BCUT2D eigenvalue weighted by Gasteiger charge is -2.48. The smallest absolute Gasteiger partial charge is 0.411 e. The van der Waals surface area contributed by atoms with Gasteiger partial charge in [-0.05, 0) is 76.8 Å². The van der Waals surface area contributed by atoms with Crippen molar-refractivity contribution in [1.82, 2.24) is 0 Å². The predicted molar refractivity (Wildman–Crippen MR) is 211 cm³/mol. The number of anilines is 1. The van der Waals surface area contributed by atoms with Crippen LogP contribution in [0, 0.1) is 35.5 Å². The molecule has 5 aliphatic heterocycles. The van der Waals surface area contributed by atoms with E-state index in [1.54, 1.807) is 19.1 Å². The van der Waals surface area contributed by atoms with E-state index in [2.05, 4.69) is 26.1 Å². The maximum absolute atomic E-state index is 12.6. The molecule has 0 aliphatic carbocycles. The van der Waals surface area contributed by atoms with Gasteiger partial charge in [0.15, 0.2) is 5.79 Å². The van der Waals surface area contributed by atoms with Gasteiger partial charge in [0.2, 0.25) is 5.79 Å². The van der Waals surface area contributed by atoms with Crippen LogP contribution in [0.1, 0.15) is 114 Å². The minimum atomic E-state index is -1.68. The number of hydrogen-bond donors (Lipinski definition) is 4. The number of esters is 1. The molecule has 5 heterocycles. The molecule has 58 heavy (non-hydrogen) atoms. The van der Waals surface area contributed by atoms with Gasteiger partial charge >= 0.3 is 18.0 Å². The van der Waals surface area contributed by atoms with Gasteiger partial charge in [-0.2, -0.15) is 0 Å². The summed E-state index contributed by atoms with van der Waals surface area (Å²) in [6.07, 6.45) is -0.0144. The second kappa shape index (κ2) is 17.3. The number of aliphatic hydroxyl groups is 2. The summed E-state index contributed by atoms with van der Waals surface area (Å²) in [5.41, 5.74) is -0.788. The van der Waals surface area contributed by atoms with Crippen molar-refractivity contribution in [1.29, 1.82) is 0 Å². The largest absolute Gasteiger partial charge is 0.481 e. The van der Waals surface area contributed by atoms with E-state index in [4.69, 9.17) is 33.2 Å². The van der Waals surface area contributed by atoms with E-state index in [1.807, 2.05) is 45.9 Å². The number of aliphatic hydroxyl groups excluding tert-OH is 1. The Morgan fingerprint density at radius 2 is 1.66 bits per heavy atom. The van der Waals surface area contributed by atoms with Gasteiger partial charge in [0.05, 0.1) is 53.7 Å². The molecule has 14 heteroatoms. The molecule has 6 rings (SSSR count). The molecule has 0 saturated carbocycles. The molecular weight excluding hydrogens is 750 g/mol. The Morgan fingerprint density at radius 3 is 2.33 bits per heavy atom. The van der Waals surface area contributed by atoms with Crippen molar-refractivity contribution >= 4 is 23.7 Å². The summed E-state index contributed by atoms with van der Waals surface area (Å²) in [6, 6.07) is 8.97. The number of carboxylic acid groups (broad SMARTS) is 1. The van der Waals surface area contributed by atoms with Crippen LogP contribution in [0.3, 0.4) is 0 Å². The maximum atomic E-state index is 12.6. The van der Waals surface area contributed by atoms with Crippen molar-refractivity contribution in [2.24, 2.45) is 35.5 Å². The van der Waals surface area contributed by atoms with Crippen LogP contribution < -0.4 is 5.32 Å². The molecule has 1 amide bonds. The second-order valence-corrected chi connectivity index (χ2v) is 18.7. The zero-order chi connectivity index (χ0) is 42.4. The molecular formula is C44H67NO13. The van der Waals surface area contributed by atoms with E-state index in [-0.39, 0.29) is 61.4 Å². The average molecular weight is 818 g/mol. The maximum Gasteiger partial charge on any atom is 0.411 e. The van der Waals surface area contributed by atoms with E-state index in [0.29, 0.717) is 31.4 Å². The number of para-hydroxylation sites is 1. The summed E-state index contributed by atoms with van der Waals surface area (Å²) in [5.74, 6) is -6.34. The highest BCUT2D eigenvalue weighted by Gasteiger charge is 2.62. The molecule has 1 spiro atoms. The number of benzene rings is 1. The predicted octanol–water partition coefficient (Wildman–Crippen LogP) is 6.45. The SMILES string of the molecule is CCC(=O)O[C@H]([C@H](C)[C@H]1O[C@@]2(CC[C@@](C)([C@H]3CC[C@@](C)([C@@H]4O[C@@H]([C@H]5O[C@@](O)(COC(=O)Nc6ccccc6)[C@H](C)C[C@@H]5C)C[C@@H]4C)O3)O2)C[C@H](O)[C@H]1C)[C@H](C)C(=O)O. The Morgan fingerprint density at radius 1 is 0.948 bits per heavy atom. The first-order chi connectivity index (χ1) is 27.2. The van der Waals surface area contributed by atoms with Gasteiger partial charge in [0.1, 0.15) is 12.7 Å². The van der Waals surface area contributed by atoms with E-state index >= 15 is 0 Å². The minimum Gasteiger partial charge on any atom is -0.481 e. The summed E-state index contributed by atoms with van der Waals surface area (Å²) in [6.45, 7) is 16.8. The first kappa shape index (κ1) is 44.7. The highest BCUT2D eigenvalue weighted by molar-refractivity contribution is 5.84. The Bertz CT molecular complexity index is 1610. The van der Waals surface area contributed by atoms with Crippen LogP contribution in [-0.4, -0.2) is 105 Å². The van der Waals surface area contributed by atoms with Gasteiger partial charge in [-0.3, -0.25) is 14.9 Å². The van der Waals surface area contributed by atoms with Crippen LogP contribution >= 0.6 is 0 Å². The standard InChI is InChI=1S/C44H67NO13/c1-10-34(47)54-36(29(7)39(48)49)28(6)37-27(5)31(46)22-43(56-37)19-18-41(8,58-43)33-16-17-42(9,55-33)38-25(3)21-32(53-38)35-24(2)20-26(4)44(51,57-35)23-52-40(50)45-30-14-12-11-13-15-30/h11-15,24-29,31-33,35-38,46,51H,10,16-23H2,1-9H3,(H,45,50)(H,48,49)/t24-,25-,26+,27+,28-,29-,31-,32+,33+,35-,36+,37-,38+,41-,42-,43+,44-/m0/s1. The Hall–Kier alpha value is -2.85. The zero-order valence-electron chi connectivity index (χ0n) is 35.7. The molecule has 0 aromatic heterocycles. The molecule has 0 radical (unpaired) electrons. The van der Waals surface area contributed by atoms with Gasteiger partial charge in [-0.25, -0.2) is 4.79 Å². The third kappa shape index (κ3) is 9.08. The normalized spacial score (nSPS) is 43.1. The number of carbonyl (C=O) groups is 3. The van der Waals surface area contributed by atoms with Crippen molar-refractivity contribution in [2.45, 2.75) is 179 Å². The molecule has 0 bridgehead atoms. The van der Waals surface area contributed by atoms with Gasteiger partial charge in [0, 0.05) is 42.7 Å². The Balaban J connectivity index is 1.09. The zero-order valence-corrected chi connectivity index (χ0v) is 35.7. The molecule has 17 atom stereocenters. The number of carboxylic acids is 1. The van der Waals surface area contributed by atoms with Crippen molar-refractivity contribution in [3.05, 3.63) is 30.3 Å². The number of rotatable bonds is 12. The molecule has 5 saturated heterocycles. The van der Waals surface area contributed by atoms with Gasteiger partial charge in [0.25, 0.3) is 0 Å². The molecule has 0 unspecified atom stereocenters. The fourth-order valence-electron chi connectivity index (χ4n) is 10.5. The number of hydrogen-bond acceptors (Lipinski definition) is 12. The first-order valence-corrected chi connectivity index (χ1v) is 21.4. The Kier molecular flexibility index (Phi) is 13.3. The average Bonchev–Trinajstić information content (AvgIpc) is 3.88. The lowest BCUT2D eigenvalue weighted by molar-refractivity contribution is -0.335. The van der Waals surface area contributed by atoms with Crippen molar-refractivity contribution < 1.29 is 62.9 Å². The molecule has 5 fully saturated rings. The van der Waals surface area contributed by atoms with E-state index in [0.717, 1.165) is 12.8 Å². The summed E-state index contributed by atoms with van der Waals surface area (Å²) in [7, 11) is 0. The molecule has 1 aromatic rings. The Labute approximate surface area is 342 Å². The fourth-order valence-corrected chi connectivity index (χ4v) is 10.5. The van der Waals surface area contributed by atoms with Gasteiger partial charge in [-0.15, -0.1) is 0 Å². The quantitative estimate of drug-likeness (QED) is 0.169. The summed E-state index contributed by atoms with van der Waals surface area (Å²) >= 11 is 0. The van der Waals surface area contributed by atoms with Gasteiger partial charge in [-0.1, -0.05) is 59.7 Å². The van der Waals surface area contributed by atoms with Crippen molar-refractivity contribution in [3.8, 4) is 0 Å². The van der Waals surface area contributed by atoms with Crippen molar-refractivity contribution in [2.75, 3.05) is 11.9 Å². The molecule has 5 aliphatic rings. The number of carbonyl (C=O) groups excluding carboxylic acids is 2. The number of aliphatic carboxylic acids is 1. The molecule has 4 N–H and O–H groups in total. The third-order valence-electron chi connectivity index (χ3n) is 14.1. The van der Waals surface area contributed by atoms with Crippen LogP contribution in [0.15, 0.2) is 30.3 Å². The minimum absolute atomic E-state index is 0.0813. The molecule has 326 valence electrons. The lowest BCUT2D eigenvalue weighted by Crippen LogP contribution is -2.57. The third-order valence-corrected chi connectivity index (χ3v) is 14.1. The lowest BCUT2D eigenvalue weighted by atomic mass is 9.78. The highest BCUT2D eigenvalue weighted by atomic mass is 16.7. The van der Waals surface area contributed by atoms with Crippen molar-refractivity contribution in [3.63, 3.8) is 0 Å². The fraction of sp³-hybridized carbons (Fsp3) is 0.795. The second-order valence-electron chi connectivity index (χ2n) is 18.7. The summed E-state index contributed by atoms with van der Waals surface area (Å²) < 4.78 is 45.1. The van der Waals surface area contributed by atoms with Crippen LogP contribution in [0.2, 0.25) is 0 Å². The van der Waals surface area contributed by atoms with E-state index in [1.165, 1.54) is 6.92 Å². The van der Waals surface area contributed by atoms with Crippen LogP contribution in [0.4, 0.5) is 10.5 Å². The molecule has 1 aromatic carbocycles. The number of nitrogens with one attached hydrogen (secondary N) is 1. The number of ether oxygens (including phenoxy) is 7. The monoisotopic (exact) mass is 817 g/mol. The van der Waals surface area contributed by atoms with Gasteiger partial charge < -0.3 is 48.5 Å². The van der Waals surface area contributed by atoms with E-state index in [9.17, 15) is 29.7 Å². The van der Waals surface area contributed by atoms with Crippen LogP contribution in [0.5, 0.6) is 0 Å². The van der Waals surface area contributed by atoms with Crippen LogP contribution in [-0.2, 0) is 42.7 Å². The topological polar surface area (TPSA) is 189 Å². The highest BCUT2D eigenvalue weighted by Crippen LogP contribution is 2.54. The van der Waals surface area contributed by atoms with E-state index < -0.39 is 77.1 Å².